The molecule has 1 amide bonds. The van der Waals surface area contributed by atoms with Crippen LogP contribution in [-0.4, -0.2) is 15.9 Å². The summed E-state index contributed by atoms with van der Waals surface area (Å²) >= 11 is 1.59. The number of hydrogen-bond acceptors (Lipinski definition) is 4. The number of carbonyl (C=O) groups excluding carboxylic acids is 1. The number of nitrogens with zero attached hydrogens (tertiary/aromatic N) is 2. The van der Waals surface area contributed by atoms with E-state index in [0.29, 0.717) is 18.9 Å². The van der Waals surface area contributed by atoms with Crippen LogP contribution in [0.4, 0.5) is 0 Å². The van der Waals surface area contributed by atoms with Crippen molar-refractivity contribution in [3.63, 3.8) is 0 Å². The Labute approximate surface area is 116 Å². The molecule has 1 N–H and O–H groups in total. The van der Waals surface area contributed by atoms with Crippen LogP contribution in [-0.2, 0) is 17.8 Å². The van der Waals surface area contributed by atoms with Crippen LogP contribution in [0, 0.1) is 0 Å². The maximum Gasteiger partial charge on any atom is 0.224 e. The largest absolute Gasteiger partial charge is 0.349 e. The lowest BCUT2D eigenvalue weighted by Gasteiger charge is -2.03. The zero-order valence-corrected chi connectivity index (χ0v) is 11.9. The average molecular weight is 275 g/mol. The van der Waals surface area contributed by atoms with Crippen LogP contribution in [0.25, 0.3) is 0 Å². The van der Waals surface area contributed by atoms with Crippen LogP contribution in [0.2, 0.25) is 0 Å². The molecule has 2 heterocycles. The van der Waals surface area contributed by atoms with E-state index in [2.05, 4.69) is 29.1 Å². The molecule has 2 rings (SSSR count). The molecule has 2 aromatic heterocycles. The number of thiazole rings is 1. The highest BCUT2D eigenvalue weighted by atomic mass is 32.1. The highest BCUT2D eigenvalue weighted by Crippen LogP contribution is 2.17. The van der Waals surface area contributed by atoms with Crippen LogP contribution in [0.15, 0.2) is 29.9 Å². The molecule has 5 heteroatoms. The minimum Gasteiger partial charge on any atom is -0.349 e. The van der Waals surface area contributed by atoms with E-state index in [4.69, 9.17) is 0 Å². The summed E-state index contributed by atoms with van der Waals surface area (Å²) in [6.45, 7) is 4.72. The molecule has 0 aliphatic rings. The van der Waals surface area contributed by atoms with Gasteiger partial charge < -0.3 is 5.32 Å². The standard InChI is InChI=1S/C14H17N3OS/c1-10(2)12-9-19-14(17-12)8-16-13(18)6-11-4-3-5-15-7-11/h3-5,7,9-10H,6,8H2,1-2H3,(H,16,18). The van der Waals surface area contributed by atoms with Crippen LogP contribution in [0.5, 0.6) is 0 Å². The predicted octanol–water partition coefficient (Wildman–Crippen LogP) is 2.52. The third-order valence-electron chi connectivity index (χ3n) is 2.69. The molecule has 0 spiro atoms. The molecule has 4 nitrogen and oxygen atoms in total. The summed E-state index contributed by atoms with van der Waals surface area (Å²) in [4.78, 5) is 20.2. The molecule has 0 aliphatic carbocycles. The van der Waals surface area contributed by atoms with E-state index >= 15 is 0 Å². The maximum absolute atomic E-state index is 11.8. The molecule has 0 fully saturated rings. The third-order valence-corrected chi connectivity index (χ3v) is 3.55. The molecule has 0 aliphatic heterocycles. The van der Waals surface area contributed by atoms with Crippen molar-refractivity contribution in [1.82, 2.24) is 15.3 Å². The fourth-order valence-electron chi connectivity index (χ4n) is 1.60. The van der Waals surface area contributed by atoms with E-state index in [9.17, 15) is 4.79 Å². The van der Waals surface area contributed by atoms with Gasteiger partial charge in [0.15, 0.2) is 0 Å². The Morgan fingerprint density at radius 1 is 1.47 bits per heavy atom. The van der Waals surface area contributed by atoms with Crippen molar-refractivity contribution in [3.8, 4) is 0 Å². The van der Waals surface area contributed by atoms with Crippen molar-refractivity contribution in [1.29, 1.82) is 0 Å². The Bertz CT molecular complexity index is 537. The first-order chi connectivity index (χ1) is 9.15. The van der Waals surface area contributed by atoms with Crippen LogP contribution in [0.3, 0.4) is 0 Å². The Kier molecular flexibility index (Phi) is 4.63. The molecular weight excluding hydrogens is 258 g/mol. The van der Waals surface area contributed by atoms with Gasteiger partial charge in [0.05, 0.1) is 18.7 Å². The number of amides is 1. The molecular formula is C14H17N3OS. The van der Waals surface area contributed by atoms with E-state index in [1.165, 1.54) is 0 Å². The van der Waals surface area contributed by atoms with Gasteiger partial charge in [-0.2, -0.15) is 0 Å². The van der Waals surface area contributed by atoms with E-state index in [1.54, 1.807) is 23.7 Å². The SMILES string of the molecule is CC(C)c1csc(CNC(=O)Cc2cccnc2)n1. The second-order valence-corrected chi connectivity index (χ2v) is 5.58. The fraction of sp³-hybridized carbons (Fsp3) is 0.357. The molecule has 100 valence electrons. The smallest absolute Gasteiger partial charge is 0.224 e. The first kappa shape index (κ1) is 13.7. The lowest BCUT2D eigenvalue weighted by atomic mass is 10.2. The van der Waals surface area contributed by atoms with Crippen molar-refractivity contribution < 1.29 is 4.79 Å². The highest BCUT2D eigenvalue weighted by Gasteiger charge is 2.07. The molecule has 0 atom stereocenters. The Hall–Kier alpha value is -1.75. The van der Waals surface area contributed by atoms with Gasteiger partial charge in [0.2, 0.25) is 5.91 Å². The zero-order chi connectivity index (χ0) is 13.7. The Balaban J connectivity index is 1.83. The lowest BCUT2D eigenvalue weighted by Crippen LogP contribution is -2.24. The monoisotopic (exact) mass is 275 g/mol. The molecule has 0 saturated carbocycles. The van der Waals surface area contributed by atoms with Crippen molar-refractivity contribution in [2.75, 3.05) is 0 Å². The topological polar surface area (TPSA) is 54.9 Å². The van der Waals surface area contributed by atoms with Crippen LogP contribution < -0.4 is 5.32 Å². The molecule has 19 heavy (non-hydrogen) atoms. The van der Waals surface area contributed by atoms with Crippen molar-refractivity contribution in [2.45, 2.75) is 32.7 Å². The number of carbonyl (C=O) groups is 1. The minimum atomic E-state index is -0.00528. The van der Waals surface area contributed by atoms with Gasteiger partial charge in [0.25, 0.3) is 0 Å². The summed E-state index contributed by atoms with van der Waals surface area (Å²) < 4.78 is 0. The molecule has 0 aromatic carbocycles. The fourth-order valence-corrected chi connectivity index (χ4v) is 2.49. The number of rotatable bonds is 5. The number of nitrogens with one attached hydrogen (secondary N) is 1. The number of aromatic nitrogens is 2. The van der Waals surface area contributed by atoms with Crippen LogP contribution in [0.1, 0.15) is 36.0 Å². The quantitative estimate of drug-likeness (QED) is 0.912. The Morgan fingerprint density at radius 3 is 2.95 bits per heavy atom. The van der Waals surface area contributed by atoms with Gasteiger partial charge in [-0.1, -0.05) is 19.9 Å². The first-order valence-electron chi connectivity index (χ1n) is 6.25. The highest BCUT2D eigenvalue weighted by molar-refractivity contribution is 7.09. The summed E-state index contributed by atoms with van der Waals surface area (Å²) in [7, 11) is 0. The minimum absolute atomic E-state index is 0.00528. The summed E-state index contributed by atoms with van der Waals surface area (Å²) in [6.07, 6.45) is 3.76. The van der Waals surface area contributed by atoms with Crippen molar-refractivity contribution in [2.24, 2.45) is 0 Å². The van der Waals surface area contributed by atoms with Crippen molar-refractivity contribution >= 4 is 17.2 Å². The molecule has 0 saturated heterocycles. The second kappa shape index (κ2) is 6.43. The van der Waals surface area contributed by atoms with Gasteiger partial charge in [-0.25, -0.2) is 4.98 Å². The summed E-state index contributed by atoms with van der Waals surface area (Å²) in [5.41, 5.74) is 2.00. The second-order valence-electron chi connectivity index (χ2n) is 4.64. The van der Waals surface area contributed by atoms with Gasteiger partial charge >= 0.3 is 0 Å². The van der Waals surface area contributed by atoms with Crippen LogP contribution >= 0.6 is 11.3 Å². The lowest BCUT2D eigenvalue weighted by molar-refractivity contribution is -0.120. The third kappa shape index (κ3) is 4.13. The predicted molar refractivity (Wildman–Crippen MR) is 76.0 cm³/mol. The van der Waals surface area contributed by atoms with Gasteiger partial charge in [-0.15, -0.1) is 11.3 Å². The zero-order valence-electron chi connectivity index (χ0n) is 11.1. The summed E-state index contributed by atoms with van der Waals surface area (Å²) in [5.74, 6) is 0.422. The number of pyridine rings is 1. The summed E-state index contributed by atoms with van der Waals surface area (Å²) in [5, 5.41) is 5.88. The van der Waals surface area contributed by atoms with E-state index < -0.39 is 0 Å². The average Bonchev–Trinajstić information content (AvgIpc) is 2.86. The van der Waals surface area contributed by atoms with E-state index in [0.717, 1.165) is 16.3 Å². The van der Waals surface area contributed by atoms with Gasteiger partial charge in [0.1, 0.15) is 5.01 Å². The van der Waals surface area contributed by atoms with E-state index in [1.807, 2.05) is 17.5 Å². The first-order valence-corrected chi connectivity index (χ1v) is 7.13. The van der Waals surface area contributed by atoms with Crippen molar-refractivity contribution in [3.05, 3.63) is 46.2 Å². The number of hydrogen-bond donors (Lipinski definition) is 1. The molecule has 2 aromatic rings. The van der Waals surface area contributed by atoms with E-state index in [-0.39, 0.29) is 5.91 Å². The normalized spacial score (nSPS) is 10.7. The van der Waals surface area contributed by atoms with Gasteiger partial charge in [-0.3, -0.25) is 9.78 Å². The maximum atomic E-state index is 11.8. The molecule has 0 bridgehead atoms. The summed E-state index contributed by atoms with van der Waals surface area (Å²) in [6, 6.07) is 3.73. The molecule has 0 radical (unpaired) electrons. The van der Waals surface area contributed by atoms with Gasteiger partial charge in [0, 0.05) is 17.8 Å². The van der Waals surface area contributed by atoms with Gasteiger partial charge in [-0.05, 0) is 17.5 Å². The Morgan fingerprint density at radius 2 is 2.32 bits per heavy atom. The molecule has 0 unspecified atom stereocenters.